The second kappa shape index (κ2) is 5.09. The number of aryl methyl sites for hydroxylation is 1. The molecule has 0 amide bonds. The lowest BCUT2D eigenvalue weighted by Crippen LogP contribution is -1.88. The summed E-state index contributed by atoms with van der Waals surface area (Å²) in [6, 6.07) is 8.24. The Bertz CT molecular complexity index is 731. The van der Waals surface area contributed by atoms with Gasteiger partial charge in [-0.15, -0.1) is 11.3 Å². The van der Waals surface area contributed by atoms with Crippen molar-refractivity contribution in [3.8, 4) is 21.7 Å². The molecule has 0 bridgehead atoms. The Morgan fingerprint density at radius 2 is 2.00 bits per heavy atom. The summed E-state index contributed by atoms with van der Waals surface area (Å²) in [4.78, 5) is 1.05. The van der Waals surface area contributed by atoms with Crippen LogP contribution in [0.25, 0.3) is 21.7 Å². The van der Waals surface area contributed by atoms with Gasteiger partial charge in [0.1, 0.15) is 11.5 Å². The summed E-state index contributed by atoms with van der Waals surface area (Å²) in [5.74, 6) is -0.0299. The van der Waals surface area contributed by atoms with Gasteiger partial charge in [0, 0.05) is 0 Å². The number of nitrogen functional groups attached to an aromatic ring is 1. The maximum atomic E-state index is 13.1. The largest absolute Gasteiger partial charge is 0.367 e. The molecule has 0 saturated heterocycles. The van der Waals surface area contributed by atoms with Crippen molar-refractivity contribution in [3.63, 3.8) is 0 Å². The van der Waals surface area contributed by atoms with Crippen molar-refractivity contribution in [2.24, 2.45) is 0 Å². The summed E-state index contributed by atoms with van der Waals surface area (Å²) in [7, 11) is 0. The second-order valence-corrected chi connectivity index (χ2v) is 5.32. The predicted molar refractivity (Wildman–Crippen MR) is 79.0 cm³/mol. The Morgan fingerprint density at radius 3 is 2.70 bits per heavy atom. The monoisotopic (exact) mass is 288 g/mol. The first-order chi connectivity index (χ1) is 9.70. The highest BCUT2D eigenvalue weighted by Gasteiger charge is 2.20. The molecule has 0 aliphatic heterocycles. The van der Waals surface area contributed by atoms with Crippen LogP contribution in [-0.4, -0.2) is 5.16 Å². The molecule has 20 heavy (non-hydrogen) atoms. The fraction of sp³-hybridized carbons (Fsp3) is 0.133. The van der Waals surface area contributed by atoms with E-state index in [1.54, 1.807) is 23.5 Å². The predicted octanol–water partition coefficient (Wildman–Crippen LogP) is 4.35. The van der Waals surface area contributed by atoms with Gasteiger partial charge in [0.15, 0.2) is 0 Å². The third-order valence-corrected chi connectivity index (χ3v) is 4.16. The van der Waals surface area contributed by atoms with Gasteiger partial charge in [-0.25, -0.2) is 4.39 Å². The van der Waals surface area contributed by atoms with Crippen molar-refractivity contribution < 1.29 is 8.91 Å². The Labute approximate surface area is 119 Å². The van der Waals surface area contributed by atoms with E-state index in [9.17, 15) is 4.39 Å². The molecule has 0 unspecified atom stereocenters. The van der Waals surface area contributed by atoms with Crippen molar-refractivity contribution in [3.05, 3.63) is 47.1 Å². The minimum atomic E-state index is -0.282. The number of nitrogens with two attached hydrogens (primary N) is 1. The van der Waals surface area contributed by atoms with Gasteiger partial charge in [0.05, 0.1) is 10.4 Å². The van der Waals surface area contributed by atoms with Crippen LogP contribution in [0.2, 0.25) is 0 Å². The van der Waals surface area contributed by atoms with Crippen LogP contribution in [0, 0.1) is 5.82 Å². The summed E-state index contributed by atoms with van der Waals surface area (Å²) >= 11 is 1.60. The summed E-state index contributed by atoms with van der Waals surface area (Å²) in [6.45, 7) is 2.09. The van der Waals surface area contributed by atoms with Crippen molar-refractivity contribution in [1.82, 2.24) is 5.16 Å². The molecular weight excluding hydrogens is 275 g/mol. The molecule has 0 aliphatic rings. The van der Waals surface area contributed by atoms with Crippen LogP contribution in [0.1, 0.15) is 12.5 Å². The Balaban J connectivity index is 2.17. The topological polar surface area (TPSA) is 52.0 Å². The van der Waals surface area contributed by atoms with E-state index in [2.05, 4.69) is 18.1 Å². The van der Waals surface area contributed by atoms with E-state index in [-0.39, 0.29) is 11.7 Å². The Kier molecular flexibility index (Phi) is 3.28. The van der Waals surface area contributed by atoms with Crippen LogP contribution in [0.15, 0.2) is 40.2 Å². The maximum Gasteiger partial charge on any atom is 0.230 e. The van der Waals surface area contributed by atoms with E-state index in [0.29, 0.717) is 0 Å². The highest BCUT2D eigenvalue weighted by molar-refractivity contribution is 7.13. The van der Waals surface area contributed by atoms with Gasteiger partial charge < -0.3 is 10.3 Å². The molecule has 3 aromatic rings. The van der Waals surface area contributed by atoms with Crippen LogP contribution in [0.3, 0.4) is 0 Å². The standard InChI is InChI=1S/C15H13FN2OS/c1-2-9-7-8-20-14(9)13-12(15(17)19-18-13)10-3-5-11(16)6-4-10/h3-8H,2,17H2,1H3. The molecule has 0 atom stereocenters. The van der Waals surface area contributed by atoms with Gasteiger partial charge in [0.25, 0.3) is 0 Å². The SMILES string of the molecule is CCc1ccsc1-c1noc(N)c1-c1ccc(F)cc1. The maximum absolute atomic E-state index is 13.1. The lowest BCUT2D eigenvalue weighted by molar-refractivity contribution is 0.439. The van der Waals surface area contributed by atoms with E-state index >= 15 is 0 Å². The first-order valence-corrected chi connectivity index (χ1v) is 7.16. The van der Waals surface area contributed by atoms with Crippen molar-refractivity contribution in [2.45, 2.75) is 13.3 Å². The minimum Gasteiger partial charge on any atom is -0.367 e. The Hall–Kier alpha value is -2.14. The molecule has 1 aromatic carbocycles. The molecule has 5 heteroatoms. The molecule has 2 aromatic heterocycles. The number of hydrogen-bond donors (Lipinski definition) is 1. The number of rotatable bonds is 3. The number of nitrogens with zero attached hydrogens (tertiary/aromatic N) is 1. The molecule has 2 heterocycles. The van der Waals surface area contributed by atoms with E-state index in [1.165, 1.54) is 17.7 Å². The van der Waals surface area contributed by atoms with E-state index in [4.69, 9.17) is 10.3 Å². The smallest absolute Gasteiger partial charge is 0.230 e. The third-order valence-electron chi connectivity index (χ3n) is 3.19. The summed E-state index contributed by atoms with van der Waals surface area (Å²) in [5, 5.41) is 6.10. The highest BCUT2D eigenvalue weighted by atomic mass is 32.1. The number of thiophene rings is 1. The molecule has 0 fully saturated rings. The highest BCUT2D eigenvalue weighted by Crippen LogP contribution is 2.40. The van der Waals surface area contributed by atoms with E-state index in [0.717, 1.165) is 28.1 Å². The molecule has 3 nitrogen and oxygen atoms in total. The fourth-order valence-electron chi connectivity index (χ4n) is 2.18. The molecule has 0 saturated carbocycles. The van der Waals surface area contributed by atoms with Gasteiger partial charge in [-0.3, -0.25) is 0 Å². The van der Waals surface area contributed by atoms with Gasteiger partial charge in [-0.2, -0.15) is 0 Å². The zero-order valence-electron chi connectivity index (χ0n) is 10.9. The number of hydrogen-bond acceptors (Lipinski definition) is 4. The summed E-state index contributed by atoms with van der Waals surface area (Å²) in [6.07, 6.45) is 0.911. The number of halogens is 1. The normalized spacial score (nSPS) is 10.9. The molecule has 0 radical (unpaired) electrons. The summed E-state index contributed by atoms with van der Waals surface area (Å²) in [5.41, 5.74) is 9.34. The number of aromatic nitrogens is 1. The molecule has 2 N–H and O–H groups in total. The van der Waals surface area contributed by atoms with Crippen LogP contribution >= 0.6 is 11.3 Å². The molecule has 102 valence electrons. The van der Waals surface area contributed by atoms with E-state index < -0.39 is 0 Å². The van der Waals surface area contributed by atoms with Gasteiger partial charge in [0.2, 0.25) is 5.88 Å². The number of benzene rings is 1. The average Bonchev–Trinajstić information content (AvgIpc) is 3.05. The average molecular weight is 288 g/mol. The van der Waals surface area contributed by atoms with Gasteiger partial charge in [-0.1, -0.05) is 24.2 Å². The number of anilines is 1. The fourth-order valence-corrected chi connectivity index (χ4v) is 3.16. The van der Waals surface area contributed by atoms with Crippen molar-refractivity contribution >= 4 is 17.2 Å². The van der Waals surface area contributed by atoms with Crippen LogP contribution < -0.4 is 5.73 Å². The summed E-state index contributed by atoms with van der Waals surface area (Å²) < 4.78 is 18.2. The molecular formula is C15H13FN2OS. The zero-order chi connectivity index (χ0) is 14.1. The first-order valence-electron chi connectivity index (χ1n) is 6.28. The Morgan fingerprint density at radius 1 is 1.25 bits per heavy atom. The van der Waals surface area contributed by atoms with Crippen molar-refractivity contribution in [1.29, 1.82) is 0 Å². The van der Waals surface area contributed by atoms with E-state index in [1.807, 2.05) is 5.38 Å². The quantitative estimate of drug-likeness (QED) is 0.779. The van der Waals surface area contributed by atoms with Gasteiger partial charge >= 0.3 is 0 Å². The van der Waals surface area contributed by atoms with Crippen LogP contribution in [0.4, 0.5) is 10.3 Å². The lowest BCUT2D eigenvalue weighted by Gasteiger charge is -2.03. The van der Waals surface area contributed by atoms with Crippen molar-refractivity contribution in [2.75, 3.05) is 5.73 Å². The van der Waals surface area contributed by atoms with Crippen LogP contribution in [-0.2, 0) is 6.42 Å². The zero-order valence-corrected chi connectivity index (χ0v) is 11.7. The third kappa shape index (κ3) is 2.10. The molecule has 0 aliphatic carbocycles. The lowest BCUT2D eigenvalue weighted by atomic mass is 10.0. The van der Waals surface area contributed by atoms with Crippen LogP contribution in [0.5, 0.6) is 0 Å². The first kappa shape index (κ1) is 12.9. The molecule has 0 spiro atoms. The minimum absolute atomic E-state index is 0.252. The molecule has 3 rings (SSSR count). The second-order valence-electron chi connectivity index (χ2n) is 4.41. The van der Waals surface area contributed by atoms with Gasteiger partial charge in [-0.05, 0) is 41.1 Å².